The average molecular weight is 362 g/mol. The van der Waals surface area contributed by atoms with Crippen LogP contribution in [-0.4, -0.2) is 19.3 Å². The van der Waals surface area contributed by atoms with Crippen LogP contribution < -0.4 is 5.84 Å². The summed E-state index contributed by atoms with van der Waals surface area (Å²) in [5.74, 6) is 5.96. The highest BCUT2D eigenvalue weighted by molar-refractivity contribution is 14.1. The van der Waals surface area contributed by atoms with E-state index in [1.54, 1.807) is 5.01 Å². The van der Waals surface area contributed by atoms with E-state index in [0.717, 1.165) is 0 Å². The zero-order chi connectivity index (χ0) is 12.8. The minimum atomic E-state index is 0.0144. The van der Waals surface area contributed by atoms with Gasteiger partial charge in [0.2, 0.25) is 0 Å². The van der Waals surface area contributed by atoms with Gasteiger partial charge in [-0.15, -0.1) is 0 Å². The Bertz CT molecular complexity index is 443. The van der Waals surface area contributed by atoms with E-state index in [2.05, 4.69) is 68.8 Å². The molecule has 1 saturated carbocycles. The number of halogens is 1. The molecule has 1 aliphatic carbocycles. The molecule has 92 valence electrons. The standard InChI is InChI=1S/C11H16IN4P/c1-10-4-6-16(17)11(10,2)8(10)7-15(14)9(12)3-5-13/h4,6-7,9H,3,14,17H2,1-2H3/b8-7-. The molecular weight excluding hydrogens is 346 g/mol. The molecule has 2 N–H and O–H groups in total. The Morgan fingerprint density at radius 2 is 2.41 bits per heavy atom. The van der Waals surface area contributed by atoms with Gasteiger partial charge in [-0.25, -0.2) is 5.84 Å². The summed E-state index contributed by atoms with van der Waals surface area (Å²) in [6.07, 6.45) is 6.69. The third kappa shape index (κ3) is 1.69. The van der Waals surface area contributed by atoms with E-state index in [9.17, 15) is 0 Å². The maximum Gasteiger partial charge on any atom is 0.109 e. The van der Waals surface area contributed by atoms with E-state index in [-0.39, 0.29) is 15.0 Å². The van der Waals surface area contributed by atoms with Gasteiger partial charge in [0.15, 0.2) is 0 Å². The number of fused-ring (bicyclic) bond motifs is 1. The largest absolute Gasteiger partial charge is 0.352 e. The Hall–Kier alpha value is -0.310. The van der Waals surface area contributed by atoms with Gasteiger partial charge in [-0.2, -0.15) is 5.26 Å². The van der Waals surface area contributed by atoms with Gasteiger partial charge in [-0.3, -0.25) is 0 Å². The molecule has 2 rings (SSSR count). The first-order chi connectivity index (χ1) is 7.88. The Balaban J connectivity index is 2.17. The third-order valence-corrected chi connectivity index (χ3v) is 5.75. The van der Waals surface area contributed by atoms with Gasteiger partial charge >= 0.3 is 0 Å². The Morgan fingerprint density at radius 1 is 1.76 bits per heavy atom. The zero-order valence-electron chi connectivity index (χ0n) is 9.89. The van der Waals surface area contributed by atoms with Crippen molar-refractivity contribution in [2.24, 2.45) is 11.3 Å². The molecule has 4 atom stereocenters. The van der Waals surface area contributed by atoms with Gasteiger partial charge in [0.1, 0.15) is 4.05 Å². The number of hydrogen-bond acceptors (Lipinski definition) is 4. The maximum absolute atomic E-state index is 8.66. The summed E-state index contributed by atoms with van der Waals surface area (Å²) in [7, 11) is 2.73. The van der Waals surface area contributed by atoms with Gasteiger partial charge in [-0.1, -0.05) is 28.7 Å². The molecule has 17 heavy (non-hydrogen) atoms. The molecule has 1 fully saturated rings. The molecule has 0 amide bonds. The average Bonchev–Trinajstić information content (AvgIpc) is 2.63. The topological polar surface area (TPSA) is 56.3 Å². The summed E-state index contributed by atoms with van der Waals surface area (Å²) in [6.45, 7) is 4.41. The van der Waals surface area contributed by atoms with E-state index in [1.165, 1.54) is 5.57 Å². The third-order valence-electron chi connectivity index (χ3n) is 3.98. The van der Waals surface area contributed by atoms with Crippen LogP contribution in [0.15, 0.2) is 24.0 Å². The van der Waals surface area contributed by atoms with Crippen LogP contribution in [0.5, 0.6) is 0 Å². The van der Waals surface area contributed by atoms with Crippen LogP contribution in [-0.2, 0) is 0 Å². The summed E-state index contributed by atoms with van der Waals surface area (Å²) in [4.78, 5) is 0. The van der Waals surface area contributed by atoms with Gasteiger partial charge in [0.05, 0.1) is 18.0 Å². The maximum atomic E-state index is 8.66. The normalized spacial score (nSPS) is 37.9. The number of rotatable bonds is 3. The fourth-order valence-electron chi connectivity index (χ4n) is 2.44. The van der Waals surface area contributed by atoms with E-state index >= 15 is 0 Å². The molecule has 0 aromatic carbocycles. The second-order valence-corrected chi connectivity index (χ2v) is 6.78. The number of alkyl halides is 1. The molecule has 4 nitrogen and oxygen atoms in total. The van der Waals surface area contributed by atoms with Crippen LogP contribution in [0, 0.1) is 16.7 Å². The molecule has 0 radical (unpaired) electrons. The highest BCUT2D eigenvalue weighted by Crippen LogP contribution is 2.69. The molecule has 6 heteroatoms. The van der Waals surface area contributed by atoms with E-state index in [4.69, 9.17) is 11.1 Å². The quantitative estimate of drug-likeness (QED) is 0.209. The summed E-state index contributed by atoms with van der Waals surface area (Å²) in [5, 5.41) is 10.3. The monoisotopic (exact) mass is 362 g/mol. The highest BCUT2D eigenvalue weighted by atomic mass is 127. The molecule has 0 spiro atoms. The Kier molecular flexibility index (Phi) is 3.18. The van der Waals surface area contributed by atoms with Crippen molar-refractivity contribution < 1.29 is 0 Å². The second kappa shape index (κ2) is 4.11. The first kappa shape index (κ1) is 13.1. The van der Waals surface area contributed by atoms with Crippen molar-refractivity contribution >= 4 is 32.0 Å². The molecule has 1 aliphatic heterocycles. The van der Waals surface area contributed by atoms with Crippen LogP contribution in [0.25, 0.3) is 0 Å². The molecule has 0 aromatic rings. The van der Waals surface area contributed by atoms with Crippen LogP contribution in [0.2, 0.25) is 0 Å². The Labute approximate surface area is 118 Å². The van der Waals surface area contributed by atoms with E-state index in [0.29, 0.717) is 6.42 Å². The summed E-state index contributed by atoms with van der Waals surface area (Å²) in [5.41, 5.74) is 1.40. The molecule has 4 unspecified atom stereocenters. The van der Waals surface area contributed by atoms with Crippen LogP contribution in [0.3, 0.4) is 0 Å². The molecular formula is C11H16IN4P. The first-order valence-electron chi connectivity index (χ1n) is 5.38. The minimum absolute atomic E-state index is 0.0144. The van der Waals surface area contributed by atoms with Crippen molar-refractivity contribution in [2.45, 2.75) is 29.9 Å². The van der Waals surface area contributed by atoms with Gasteiger partial charge in [0.25, 0.3) is 0 Å². The number of nitriles is 1. The van der Waals surface area contributed by atoms with Crippen molar-refractivity contribution in [2.75, 3.05) is 0 Å². The minimum Gasteiger partial charge on any atom is -0.352 e. The molecule has 1 heterocycles. The lowest BCUT2D eigenvalue weighted by Gasteiger charge is -2.21. The summed E-state index contributed by atoms with van der Waals surface area (Å²) >= 11 is 2.18. The smallest absolute Gasteiger partial charge is 0.109 e. The highest BCUT2D eigenvalue weighted by Gasteiger charge is 2.70. The molecule has 2 aliphatic rings. The van der Waals surface area contributed by atoms with Crippen LogP contribution in [0.1, 0.15) is 20.3 Å². The lowest BCUT2D eigenvalue weighted by Crippen LogP contribution is -2.32. The summed E-state index contributed by atoms with van der Waals surface area (Å²) < 4.78 is 2.15. The fourth-order valence-corrected chi connectivity index (χ4v) is 3.29. The van der Waals surface area contributed by atoms with Gasteiger partial charge in [-0.05, 0) is 28.8 Å². The number of hydrogen-bond donors (Lipinski definition) is 1. The van der Waals surface area contributed by atoms with Crippen LogP contribution in [0.4, 0.5) is 0 Å². The van der Waals surface area contributed by atoms with E-state index in [1.807, 2.05) is 6.20 Å². The zero-order valence-corrected chi connectivity index (χ0v) is 13.2. The number of nitrogens with zero attached hydrogens (tertiary/aromatic N) is 3. The number of nitrogens with two attached hydrogens (primary N) is 1. The van der Waals surface area contributed by atoms with Crippen molar-refractivity contribution in [3.63, 3.8) is 0 Å². The predicted molar refractivity (Wildman–Crippen MR) is 79.3 cm³/mol. The van der Waals surface area contributed by atoms with Crippen molar-refractivity contribution in [1.29, 1.82) is 5.26 Å². The molecule has 0 bridgehead atoms. The lowest BCUT2D eigenvalue weighted by molar-refractivity contribution is 0.381. The predicted octanol–water partition coefficient (Wildman–Crippen LogP) is 2.12. The molecule has 0 saturated heterocycles. The van der Waals surface area contributed by atoms with E-state index < -0.39 is 0 Å². The van der Waals surface area contributed by atoms with Gasteiger partial charge < -0.3 is 9.68 Å². The van der Waals surface area contributed by atoms with Crippen LogP contribution >= 0.6 is 32.0 Å². The Morgan fingerprint density at radius 3 is 2.88 bits per heavy atom. The summed E-state index contributed by atoms with van der Waals surface area (Å²) in [6, 6.07) is 2.13. The fraction of sp³-hybridized carbons (Fsp3) is 0.545. The first-order valence-corrected chi connectivity index (χ1v) is 7.14. The van der Waals surface area contributed by atoms with Crippen molar-refractivity contribution in [3.05, 3.63) is 24.0 Å². The number of hydrazine groups is 1. The van der Waals surface area contributed by atoms with Crippen molar-refractivity contribution in [1.82, 2.24) is 9.68 Å². The molecule has 0 aromatic heterocycles. The SMILES string of the molecule is CC12C=CN(P)C1(C)/C2=C\N(N)C(I)CC#N. The second-order valence-electron chi connectivity index (χ2n) is 4.78. The lowest BCUT2D eigenvalue weighted by atomic mass is 10.1. The van der Waals surface area contributed by atoms with Gasteiger partial charge in [0, 0.05) is 17.8 Å². The van der Waals surface area contributed by atoms with Crippen molar-refractivity contribution in [3.8, 4) is 6.07 Å².